The van der Waals surface area contributed by atoms with E-state index in [4.69, 9.17) is 0 Å². The largest absolute Gasteiger partial charge is 0.393 e. The van der Waals surface area contributed by atoms with Gasteiger partial charge in [-0.15, -0.1) is 0 Å². The van der Waals surface area contributed by atoms with Crippen molar-refractivity contribution in [1.82, 2.24) is 5.32 Å². The molecule has 1 aliphatic rings. The summed E-state index contributed by atoms with van der Waals surface area (Å²) in [5.74, 6) is 1.01. The number of amides is 1. The molecule has 2 N–H and O–H groups in total. The van der Waals surface area contributed by atoms with E-state index < -0.39 is 0 Å². The Morgan fingerprint density at radius 1 is 1.29 bits per heavy atom. The second-order valence-electron chi connectivity index (χ2n) is 6.53. The van der Waals surface area contributed by atoms with E-state index in [0.717, 1.165) is 19.3 Å². The number of aliphatic hydroxyl groups excluding tert-OH is 1. The lowest BCUT2D eigenvalue weighted by atomic mass is 9.85. The van der Waals surface area contributed by atoms with Crippen molar-refractivity contribution in [3.63, 3.8) is 0 Å². The monoisotopic (exact) mass is 289 g/mol. The first-order chi connectivity index (χ1) is 10.1. The average Bonchev–Trinajstić information content (AvgIpc) is 2.88. The molecule has 1 aromatic rings. The van der Waals surface area contributed by atoms with Gasteiger partial charge >= 0.3 is 0 Å². The van der Waals surface area contributed by atoms with Crippen LogP contribution in [0.15, 0.2) is 30.3 Å². The van der Waals surface area contributed by atoms with Gasteiger partial charge in [0, 0.05) is 18.9 Å². The van der Waals surface area contributed by atoms with Gasteiger partial charge in [-0.2, -0.15) is 0 Å². The number of rotatable bonds is 6. The van der Waals surface area contributed by atoms with Crippen LogP contribution in [-0.4, -0.2) is 23.7 Å². The zero-order valence-electron chi connectivity index (χ0n) is 13.1. The van der Waals surface area contributed by atoms with Crippen molar-refractivity contribution in [3.05, 3.63) is 35.9 Å². The molecular formula is C18H27NO2. The maximum absolute atomic E-state index is 12.2. The van der Waals surface area contributed by atoms with Crippen molar-refractivity contribution in [2.75, 3.05) is 6.54 Å². The number of carbonyl (C=O) groups is 1. The summed E-state index contributed by atoms with van der Waals surface area (Å²) < 4.78 is 0. The van der Waals surface area contributed by atoms with Gasteiger partial charge in [-0.1, -0.05) is 50.6 Å². The van der Waals surface area contributed by atoms with Crippen LogP contribution in [-0.2, 0) is 4.79 Å². The molecule has 1 aliphatic carbocycles. The van der Waals surface area contributed by atoms with Crippen molar-refractivity contribution in [2.24, 2.45) is 11.8 Å². The van der Waals surface area contributed by atoms with E-state index in [1.54, 1.807) is 0 Å². The molecule has 3 heteroatoms. The Balaban J connectivity index is 1.87. The lowest BCUT2D eigenvalue weighted by Crippen LogP contribution is -2.33. The Kier molecular flexibility index (Phi) is 5.80. The first kappa shape index (κ1) is 16.0. The molecule has 2 rings (SSSR count). The lowest BCUT2D eigenvalue weighted by Gasteiger charge is -2.22. The zero-order valence-corrected chi connectivity index (χ0v) is 13.1. The third-order valence-corrected chi connectivity index (χ3v) is 4.62. The molecule has 3 atom stereocenters. The summed E-state index contributed by atoms with van der Waals surface area (Å²) in [6.07, 6.45) is 3.25. The van der Waals surface area contributed by atoms with Crippen LogP contribution in [0.25, 0.3) is 0 Å². The highest BCUT2D eigenvalue weighted by atomic mass is 16.3. The van der Waals surface area contributed by atoms with Crippen LogP contribution in [0.2, 0.25) is 0 Å². The van der Waals surface area contributed by atoms with E-state index in [1.807, 2.05) is 18.2 Å². The Morgan fingerprint density at radius 2 is 2.00 bits per heavy atom. The summed E-state index contributed by atoms with van der Waals surface area (Å²) in [4.78, 5) is 12.2. The minimum atomic E-state index is -0.236. The highest BCUT2D eigenvalue weighted by Crippen LogP contribution is 2.28. The summed E-state index contributed by atoms with van der Waals surface area (Å²) in [5.41, 5.74) is 1.23. The predicted molar refractivity (Wildman–Crippen MR) is 85.0 cm³/mol. The molecule has 0 radical (unpaired) electrons. The van der Waals surface area contributed by atoms with Gasteiger partial charge in [-0.05, 0) is 30.2 Å². The van der Waals surface area contributed by atoms with Crippen LogP contribution in [0.3, 0.4) is 0 Å². The number of hydrogen-bond acceptors (Lipinski definition) is 2. The van der Waals surface area contributed by atoms with Gasteiger partial charge in [0.25, 0.3) is 0 Å². The fourth-order valence-corrected chi connectivity index (χ4v) is 3.21. The molecule has 1 aromatic carbocycles. The second kappa shape index (κ2) is 7.60. The van der Waals surface area contributed by atoms with Gasteiger partial charge in [0.05, 0.1) is 6.10 Å². The lowest BCUT2D eigenvalue weighted by molar-refractivity contribution is -0.122. The highest BCUT2D eigenvalue weighted by molar-refractivity contribution is 5.76. The van der Waals surface area contributed by atoms with Crippen LogP contribution >= 0.6 is 0 Å². The van der Waals surface area contributed by atoms with Gasteiger partial charge < -0.3 is 10.4 Å². The highest BCUT2D eigenvalue weighted by Gasteiger charge is 2.26. The molecule has 0 saturated heterocycles. The Morgan fingerprint density at radius 3 is 2.57 bits per heavy atom. The number of aliphatic hydroxyl groups is 1. The normalized spacial score (nSPS) is 23.2. The maximum atomic E-state index is 12.2. The van der Waals surface area contributed by atoms with E-state index in [-0.39, 0.29) is 23.8 Å². The molecule has 1 saturated carbocycles. The SMILES string of the molecule is CC(C)C(CC(=O)NCC1CCCC1O)c1ccccc1. The van der Waals surface area contributed by atoms with Crippen LogP contribution < -0.4 is 5.32 Å². The first-order valence-electron chi connectivity index (χ1n) is 8.07. The van der Waals surface area contributed by atoms with Gasteiger partial charge in [0.2, 0.25) is 5.91 Å². The minimum absolute atomic E-state index is 0.0941. The number of nitrogens with one attached hydrogen (secondary N) is 1. The summed E-state index contributed by atoms with van der Waals surface area (Å²) in [5, 5.41) is 12.8. The van der Waals surface area contributed by atoms with Crippen molar-refractivity contribution >= 4 is 5.91 Å². The van der Waals surface area contributed by atoms with Crippen LogP contribution in [0.4, 0.5) is 0 Å². The topological polar surface area (TPSA) is 49.3 Å². The molecule has 3 unspecified atom stereocenters. The van der Waals surface area contributed by atoms with Gasteiger partial charge in [-0.3, -0.25) is 4.79 Å². The second-order valence-corrected chi connectivity index (χ2v) is 6.53. The van der Waals surface area contributed by atoms with Gasteiger partial charge in [0.15, 0.2) is 0 Å². The molecular weight excluding hydrogens is 262 g/mol. The van der Waals surface area contributed by atoms with Crippen molar-refractivity contribution < 1.29 is 9.90 Å². The predicted octanol–water partition coefficient (Wildman–Crippen LogP) is 3.09. The van der Waals surface area contributed by atoms with Gasteiger partial charge in [-0.25, -0.2) is 0 Å². The number of hydrogen-bond donors (Lipinski definition) is 2. The summed E-state index contributed by atoms with van der Waals surface area (Å²) >= 11 is 0. The van der Waals surface area contributed by atoms with Crippen molar-refractivity contribution in [2.45, 2.75) is 51.6 Å². The average molecular weight is 289 g/mol. The first-order valence-corrected chi connectivity index (χ1v) is 8.07. The molecule has 0 spiro atoms. The minimum Gasteiger partial charge on any atom is -0.393 e. The van der Waals surface area contributed by atoms with Crippen LogP contribution in [0, 0.1) is 11.8 Å². The molecule has 21 heavy (non-hydrogen) atoms. The Labute approximate surface area is 127 Å². The smallest absolute Gasteiger partial charge is 0.220 e. The molecule has 0 bridgehead atoms. The summed E-state index contributed by atoms with van der Waals surface area (Å²) in [6.45, 7) is 4.93. The molecule has 0 aromatic heterocycles. The molecule has 116 valence electrons. The molecule has 3 nitrogen and oxygen atoms in total. The Hall–Kier alpha value is -1.35. The van der Waals surface area contributed by atoms with E-state index in [0.29, 0.717) is 18.9 Å². The maximum Gasteiger partial charge on any atom is 0.220 e. The quantitative estimate of drug-likeness (QED) is 0.845. The van der Waals surface area contributed by atoms with Crippen molar-refractivity contribution in [3.8, 4) is 0 Å². The fourth-order valence-electron chi connectivity index (χ4n) is 3.21. The van der Waals surface area contributed by atoms with E-state index in [1.165, 1.54) is 5.56 Å². The Bertz CT molecular complexity index is 444. The summed E-state index contributed by atoms with van der Waals surface area (Å²) in [6, 6.07) is 10.2. The number of benzene rings is 1. The van der Waals surface area contributed by atoms with Crippen LogP contribution in [0.1, 0.15) is 51.0 Å². The summed E-state index contributed by atoms with van der Waals surface area (Å²) in [7, 11) is 0. The molecule has 0 aliphatic heterocycles. The van der Waals surface area contributed by atoms with Crippen molar-refractivity contribution in [1.29, 1.82) is 0 Å². The third kappa shape index (κ3) is 4.57. The molecule has 1 fully saturated rings. The number of carbonyl (C=O) groups excluding carboxylic acids is 1. The standard InChI is InChI=1S/C18H27NO2/c1-13(2)16(14-7-4-3-5-8-14)11-18(21)19-12-15-9-6-10-17(15)20/h3-5,7-8,13,15-17,20H,6,9-12H2,1-2H3,(H,19,21). The zero-order chi connectivity index (χ0) is 15.2. The third-order valence-electron chi connectivity index (χ3n) is 4.62. The van der Waals surface area contributed by atoms with Crippen LogP contribution in [0.5, 0.6) is 0 Å². The molecule has 1 amide bonds. The van der Waals surface area contributed by atoms with E-state index in [9.17, 15) is 9.90 Å². The van der Waals surface area contributed by atoms with E-state index >= 15 is 0 Å². The fraction of sp³-hybridized carbons (Fsp3) is 0.611. The molecule has 0 heterocycles. The van der Waals surface area contributed by atoms with E-state index in [2.05, 4.69) is 31.3 Å². The van der Waals surface area contributed by atoms with Gasteiger partial charge in [0.1, 0.15) is 0 Å².